The van der Waals surface area contributed by atoms with Gasteiger partial charge in [0.1, 0.15) is 11.6 Å². The van der Waals surface area contributed by atoms with Crippen LogP contribution in [-0.2, 0) is 4.79 Å². The normalized spacial score (nSPS) is 15.9. The highest BCUT2D eigenvalue weighted by Gasteiger charge is 2.22. The molecule has 0 aromatic heterocycles. The lowest BCUT2D eigenvalue weighted by atomic mass is 10.1. The number of likely N-dealkylation sites (tertiary alicyclic amines) is 1. The van der Waals surface area contributed by atoms with Crippen LogP contribution >= 0.6 is 12.4 Å². The smallest absolute Gasteiger partial charge is 0.221 e. The standard InChI is InChI=1S/C17H26N4O2.ClH/c1-3-16(21-9-5-4-6-10-21)23-15-11-13(20-12(2)22)7-8-14(15)17(18)19;/h7-8,11,16H,3-6,9-10H2,1-2H3,(H3,18,19)(H,20,22);1H. The molecule has 1 atom stereocenters. The molecule has 1 aliphatic heterocycles. The van der Waals surface area contributed by atoms with E-state index in [4.69, 9.17) is 15.9 Å². The quantitative estimate of drug-likeness (QED) is 0.541. The van der Waals surface area contributed by atoms with Crippen LogP contribution in [0.2, 0.25) is 0 Å². The number of halogens is 1. The first-order chi connectivity index (χ1) is 11.0. The van der Waals surface area contributed by atoms with Gasteiger partial charge < -0.3 is 15.8 Å². The molecule has 134 valence electrons. The van der Waals surface area contributed by atoms with E-state index in [0.717, 1.165) is 19.5 Å². The molecule has 24 heavy (non-hydrogen) atoms. The molecule has 0 aliphatic carbocycles. The van der Waals surface area contributed by atoms with Crippen molar-refractivity contribution in [1.82, 2.24) is 4.90 Å². The fourth-order valence-electron chi connectivity index (χ4n) is 2.89. The minimum atomic E-state index is -0.144. The van der Waals surface area contributed by atoms with Crippen LogP contribution in [0.25, 0.3) is 0 Å². The number of rotatable bonds is 6. The maximum Gasteiger partial charge on any atom is 0.221 e. The van der Waals surface area contributed by atoms with Gasteiger partial charge in [0, 0.05) is 31.8 Å². The predicted molar refractivity (Wildman–Crippen MR) is 99.1 cm³/mol. The molecule has 0 radical (unpaired) electrons. The minimum absolute atomic E-state index is 0. The van der Waals surface area contributed by atoms with Crippen molar-refractivity contribution in [3.8, 4) is 5.75 Å². The Bertz CT molecular complexity index is 574. The van der Waals surface area contributed by atoms with Crippen molar-refractivity contribution in [2.75, 3.05) is 18.4 Å². The number of piperidine rings is 1. The topological polar surface area (TPSA) is 91.4 Å². The van der Waals surface area contributed by atoms with Gasteiger partial charge in [-0.05, 0) is 31.4 Å². The Labute approximate surface area is 149 Å². The summed E-state index contributed by atoms with van der Waals surface area (Å²) in [6.45, 7) is 5.60. The largest absolute Gasteiger partial charge is 0.474 e. The van der Waals surface area contributed by atoms with Gasteiger partial charge >= 0.3 is 0 Å². The number of carbonyl (C=O) groups excluding carboxylic acids is 1. The molecule has 0 spiro atoms. The number of amides is 1. The molecule has 1 fully saturated rings. The molecule has 1 amide bonds. The maximum absolute atomic E-state index is 11.2. The van der Waals surface area contributed by atoms with E-state index in [9.17, 15) is 4.79 Å². The van der Waals surface area contributed by atoms with Gasteiger partial charge in [0.2, 0.25) is 5.91 Å². The highest BCUT2D eigenvalue weighted by atomic mass is 35.5. The first kappa shape index (κ1) is 20.3. The average Bonchev–Trinajstić information content (AvgIpc) is 2.52. The van der Waals surface area contributed by atoms with Gasteiger partial charge in [0.15, 0.2) is 6.23 Å². The van der Waals surface area contributed by atoms with Gasteiger partial charge in [-0.1, -0.05) is 13.3 Å². The Hall–Kier alpha value is -1.79. The summed E-state index contributed by atoms with van der Waals surface area (Å²) >= 11 is 0. The van der Waals surface area contributed by atoms with Crippen LogP contribution in [0.15, 0.2) is 18.2 Å². The Morgan fingerprint density at radius 3 is 2.58 bits per heavy atom. The highest BCUT2D eigenvalue weighted by molar-refractivity contribution is 5.99. The van der Waals surface area contributed by atoms with E-state index in [2.05, 4.69) is 17.1 Å². The first-order valence-corrected chi connectivity index (χ1v) is 8.18. The number of benzene rings is 1. The second kappa shape index (κ2) is 9.49. The Morgan fingerprint density at radius 2 is 2.04 bits per heavy atom. The highest BCUT2D eigenvalue weighted by Crippen LogP contribution is 2.26. The Morgan fingerprint density at radius 1 is 1.38 bits per heavy atom. The van der Waals surface area contributed by atoms with Gasteiger partial charge in [-0.2, -0.15) is 0 Å². The average molecular weight is 355 g/mol. The summed E-state index contributed by atoms with van der Waals surface area (Å²) < 4.78 is 6.17. The summed E-state index contributed by atoms with van der Waals surface area (Å²) in [6.07, 6.45) is 4.45. The third-order valence-corrected chi connectivity index (χ3v) is 4.00. The van der Waals surface area contributed by atoms with Crippen molar-refractivity contribution in [2.45, 2.75) is 45.8 Å². The van der Waals surface area contributed by atoms with Crippen LogP contribution in [0.4, 0.5) is 5.69 Å². The second-order valence-corrected chi connectivity index (χ2v) is 5.88. The monoisotopic (exact) mass is 354 g/mol. The number of anilines is 1. The molecular weight excluding hydrogens is 328 g/mol. The maximum atomic E-state index is 11.2. The van der Waals surface area contributed by atoms with Crippen LogP contribution in [0, 0.1) is 5.41 Å². The zero-order valence-electron chi connectivity index (χ0n) is 14.3. The third kappa shape index (κ3) is 5.39. The fraction of sp³-hybridized carbons (Fsp3) is 0.529. The molecule has 1 saturated heterocycles. The van der Waals surface area contributed by atoms with Crippen molar-refractivity contribution < 1.29 is 9.53 Å². The van der Waals surface area contributed by atoms with Crippen LogP contribution in [-0.4, -0.2) is 36.0 Å². The van der Waals surface area contributed by atoms with Crippen LogP contribution in [0.5, 0.6) is 5.75 Å². The lowest BCUT2D eigenvalue weighted by Crippen LogP contribution is -2.42. The molecule has 1 aliphatic rings. The Kier molecular flexibility index (Phi) is 8.01. The van der Waals surface area contributed by atoms with Crippen molar-refractivity contribution in [3.63, 3.8) is 0 Å². The van der Waals surface area contributed by atoms with Crippen molar-refractivity contribution in [2.24, 2.45) is 5.73 Å². The molecule has 4 N–H and O–H groups in total. The zero-order valence-corrected chi connectivity index (χ0v) is 15.1. The summed E-state index contributed by atoms with van der Waals surface area (Å²) in [5, 5.41) is 10.5. The lowest BCUT2D eigenvalue weighted by Gasteiger charge is -2.34. The van der Waals surface area contributed by atoms with Crippen LogP contribution in [0.3, 0.4) is 0 Å². The summed E-state index contributed by atoms with van der Waals surface area (Å²) in [7, 11) is 0. The van der Waals surface area contributed by atoms with E-state index in [1.54, 1.807) is 18.2 Å². The Balaban J connectivity index is 0.00000288. The lowest BCUT2D eigenvalue weighted by molar-refractivity contribution is -0.114. The number of nitrogens with two attached hydrogens (primary N) is 1. The summed E-state index contributed by atoms with van der Waals surface area (Å²) in [6, 6.07) is 5.18. The number of hydrogen-bond donors (Lipinski definition) is 3. The van der Waals surface area contributed by atoms with Gasteiger partial charge in [-0.3, -0.25) is 15.1 Å². The number of carbonyl (C=O) groups is 1. The van der Waals surface area contributed by atoms with Crippen LogP contribution in [0.1, 0.15) is 45.1 Å². The van der Waals surface area contributed by atoms with E-state index in [0.29, 0.717) is 17.0 Å². The molecule has 2 rings (SSSR count). The molecule has 1 heterocycles. The summed E-state index contributed by atoms with van der Waals surface area (Å²) in [5.74, 6) is 0.360. The van der Waals surface area contributed by atoms with Gasteiger partial charge in [-0.25, -0.2) is 0 Å². The predicted octanol–water partition coefficient (Wildman–Crippen LogP) is 2.95. The number of amidine groups is 1. The summed E-state index contributed by atoms with van der Waals surface area (Å²) in [5.41, 5.74) is 6.86. The van der Waals surface area contributed by atoms with Crippen LogP contribution < -0.4 is 15.8 Å². The van der Waals surface area contributed by atoms with Gasteiger partial charge in [0.05, 0.1) is 5.56 Å². The molecule has 0 bridgehead atoms. The molecule has 6 nitrogen and oxygen atoms in total. The van der Waals surface area contributed by atoms with E-state index in [1.165, 1.54) is 26.2 Å². The van der Waals surface area contributed by atoms with E-state index in [1.807, 2.05) is 0 Å². The minimum Gasteiger partial charge on any atom is -0.474 e. The van der Waals surface area contributed by atoms with Crippen molar-refractivity contribution in [1.29, 1.82) is 5.41 Å². The SMILES string of the molecule is CCC(Oc1cc(NC(C)=O)ccc1C(=N)N)N1CCCCC1.Cl. The van der Waals surface area contributed by atoms with E-state index < -0.39 is 0 Å². The molecule has 1 unspecified atom stereocenters. The summed E-state index contributed by atoms with van der Waals surface area (Å²) in [4.78, 5) is 13.6. The van der Waals surface area contributed by atoms with E-state index >= 15 is 0 Å². The van der Waals surface area contributed by atoms with Crippen molar-refractivity contribution >= 4 is 29.8 Å². The zero-order chi connectivity index (χ0) is 16.8. The molecule has 7 heteroatoms. The molecule has 1 aromatic carbocycles. The third-order valence-electron chi connectivity index (χ3n) is 4.00. The molecular formula is C17H27ClN4O2. The first-order valence-electron chi connectivity index (χ1n) is 8.18. The van der Waals surface area contributed by atoms with Gasteiger partial charge in [0.25, 0.3) is 0 Å². The number of nitrogens with one attached hydrogen (secondary N) is 2. The van der Waals surface area contributed by atoms with E-state index in [-0.39, 0.29) is 30.4 Å². The molecule has 1 aromatic rings. The fourth-order valence-corrected chi connectivity index (χ4v) is 2.89. The van der Waals surface area contributed by atoms with Crippen molar-refractivity contribution in [3.05, 3.63) is 23.8 Å². The number of nitrogen functional groups attached to an aromatic ring is 1. The molecule has 0 saturated carbocycles. The number of hydrogen-bond acceptors (Lipinski definition) is 4. The number of ether oxygens (including phenoxy) is 1. The second-order valence-electron chi connectivity index (χ2n) is 5.88. The number of nitrogens with zero attached hydrogens (tertiary/aromatic N) is 1. The van der Waals surface area contributed by atoms with Gasteiger partial charge in [-0.15, -0.1) is 12.4 Å².